The van der Waals surface area contributed by atoms with Gasteiger partial charge in [-0.2, -0.15) is 0 Å². The highest BCUT2D eigenvalue weighted by Crippen LogP contribution is 2.33. The molecule has 0 atom stereocenters. The van der Waals surface area contributed by atoms with Crippen molar-refractivity contribution in [1.82, 2.24) is 4.57 Å². The van der Waals surface area contributed by atoms with Gasteiger partial charge in [0.25, 0.3) is 0 Å². The molecule has 153 valence electrons. The summed E-state index contributed by atoms with van der Waals surface area (Å²) in [5.74, 6) is -0.506. The van der Waals surface area contributed by atoms with Crippen LogP contribution in [0.3, 0.4) is 0 Å². The number of fused-ring (bicyclic) bond motifs is 3. The lowest BCUT2D eigenvalue weighted by atomic mass is 10.0. The molecular weight excluding hydrogens is 400 g/mol. The fourth-order valence-electron chi connectivity index (χ4n) is 3.78. The van der Waals surface area contributed by atoms with Crippen LogP contribution in [0.4, 0.5) is 0 Å². The van der Waals surface area contributed by atoms with E-state index in [0.717, 1.165) is 32.9 Å². The van der Waals surface area contributed by atoms with E-state index in [-0.39, 0.29) is 4.90 Å². The topological polar surface area (TPSA) is 91.4 Å². The molecule has 4 aromatic rings. The SMILES string of the molecule is COCc1c[c]c2c3c(C(N)=O)cccc3n(Cc3cccc(S(C)(=O)=O)c3)c2c1. The molecule has 3 aromatic carbocycles. The standard InChI is InChI=1S/C23H21N2O4S/c1-29-14-16-9-10-18-21(12-16)25(20-8-4-7-19(22(18)20)23(24)26)13-15-5-3-6-17(11-15)30(2,27)28/h3-9,11-12H,13-14H2,1-2H3,(H2,24,26). The number of primary amides is 1. The molecule has 4 rings (SSSR count). The van der Waals surface area contributed by atoms with Crippen LogP contribution in [-0.4, -0.2) is 32.3 Å². The van der Waals surface area contributed by atoms with Gasteiger partial charge in [-0.05, 0) is 53.6 Å². The van der Waals surface area contributed by atoms with E-state index < -0.39 is 15.7 Å². The Labute approximate surface area is 174 Å². The number of carbonyl (C=O) groups excluding carboxylic acids is 1. The van der Waals surface area contributed by atoms with Gasteiger partial charge in [-0.25, -0.2) is 8.42 Å². The van der Waals surface area contributed by atoms with Crippen LogP contribution in [0.1, 0.15) is 21.5 Å². The number of nitrogens with two attached hydrogens (primary N) is 1. The minimum Gasteiger partial charge on any atom is -0.380 e. The Bertz CT molecular complexity index is 1390. The molecule has 6 nitrogen and oxygen atoms in total. The summed E-state index contributed by atoms with van der Waals surface area (Å²) < 4.78 is 31.2. The van der Waals surface area contributed by atoms with Crippen molar-refractivity contribution in [1.29, 1.82) is 0 Å². The molecule has 1 heterocycles. The lowest BCUT2D eigenvalue weighted by Gasteiger charge is -2.10. The number of carbonyl (C=O) groups is 1. The normalized spacial score (nSPS) is 11.9. The molecule has 7 heteroatoms. The van der Waals surface area contributed by atoms with Crippen LogP contribution >= 0.6 is 0 Å². The maximum absolute atomic E-state index is 12.1. The first-order chi connectivity index (χ1) is 14.3. The lowest BCUT2D eigenvalue weighted by Crippen LogP contribution is -2.11. The molecule has 0 bridgehead atoms. The zero-order valence-electron chi connectivity index (χ0n) is 16.7. The summed E-state index contributed by atoms with van der Waals surface area (Å²) >= 11 is 0. The van der Waals surface area contributed by atoms with Crippen LogP contribution in [0.15, 0.2) is 59.5 Å². The van der Waals surface area contributed by atoms with E-state index in [1.54, 1.807) is 37.4 Å². The van der Waals surface area contributed by atoms with Gasteiger partial charge in [-0.3, -0.25) is 4.79 Å². The molecule has 0 saturated carbocycles. The molecule has 1 aromatic heterocycles. The first kappa shape index (κ1) is 20.1. The lowest BCUT2D eigenvalue weighted by molar-refractivity contribution is 0.100. The Hall–Kier alpha value is -3.16. The molecule has 0 unspecified atom stereocenters. The molecule has 0 aliphatic carbocycles. The summed E-state index contributed by atoms with van der Waals surface area (Å²) in [7, 11) is -1.69. The minimum absolute atomic E-state index is 0.269. The fraction of sp³-hybridized carbons (Fsp3) is 0.174. The van der Waals surface area contributed by atoms with E-state index in [2.05, 4.69) is 6.07 Å². The highest BCUT2D eigenvalue weighted by molar-refractivity contribution is 7.90. The van der Waals surface area contributed by atoms with Crippen LogP contribution in [0.2, 0.25) is 0 Å². The molecule has 30 heavy (non-hydrogen) atoms. The van der Waals surface area contributed by atoms with Crippen molar-refractivity contribution in [3.05, 3.63) is 77.4 Å². The van der Waals surface area contributed by atoms with E-state index >= 15 is 0 Å². The van der Waals surface area contributed by atoms with Gasteiger partial charge in [0, 0.05) is 36.2 Å². The Morgan fingerprint density at radius 1 is 1.10 bits per heavy atom. The molecule has 2 N–H and O–H groups in total. The zero-order chi connectivity index (χ0) is 21.5. The number of benzene rings is 3. The minimum atomic E-state index is -3.31. The number of amides is 1. The number of ether oxygens (including phenoxy) is 1. The predicted molar refractivity (Wildman–Crippen MR) is 116 cm³/mol. The number of hydrogen-bond donors (Lipinski definition) is 1. The first-order valence-corrected chi connectivity index (χ1v) is 11.2. The van der Waals surface area contributed by atoms with Crippen LogP contribution in [0.5, 0.6) is 0 Å². The van der Waals surface area contributed by atoms with Crippen molar-refractivity contribution in [2.45, 2.75) is 18.0 Å². The van der Waals surface area contributed by atoms with E-state index in [1.807, 2.05) is 28.8 Å². The Kier molecular flexibility index (Phi) is 5.09. The zero-order valence-corrected chi connectivity index (χ0v) is 17.5. The number of aromatic nitrogens is 1. The number of hydrogen-bond acceptors (Lipinski definition) is 4. The molecule has 0 fully saturated rings. The van der Waals surface area contributed by atoms with Gasteiger partial charge >= 0.3 is 0 Å². The van der Waals surface area contributed by atoms with Gasteiger partial charge in [0.2, 0.25) is 5.91 Å². The van der Waals surface area contributed by atoms with Gasteiger partial charge in [0.1, 0.15) is 0 Å². The largest absolute Gasteiger partial charge is 0.380 e. The third-order valence-electron chi connectivity index (χ3n) is 5.10. The summed E-state index contributed by atoms with van der Waals surface area (Å²) in [6.45, 7) is 0.857. The summed E-state index contributed by atoms with van der Waals surface area (Å²) in [4.78, 5) is 12.3. The van der Waals surface area contributed by atoms with Crippen molar-refractivity contribution in [3.63, 3.8) is 0 Å². The molecular formula is C23H21N2O4S. The van der Waals surface area contributed by atoms with E-state index in [1.165, 1.54) is 6.26 Å². The van der Waals surface area contributed by atoms with E-state index in [4.69, 9.17) is 10.5 Å². The van der Waals surface area contributed by atoms with Crippen molar-refractivity contribution in [3.8, 4) is 0 Å². The summed E-state index contributed by atoms with van der Waals surface area (Å²) in [5, 5.41) is 1.53. The molecule has 1 amide bonds. The summed E-state index contributed by atoms with van der Waals surface area (Å²) in [5.41, 5.74) is 9.54. The highest BCUT2D eigenvalue weighted by Gasteiger charge is 2.17. The van der Waals surface area contributed by atoms with E-state index in [0.29, 0.717) is 18.7 Å². The van der Waals surface area contributed by atoms with Crippen LogP contribution in [0.25, 0.3) is 21.8 Å². The summed E-state index contributed by atoms with van der Waals surface area (Å²) in [6, 6.07) is 19.4. The van der Waals surface area contributed by atoms with E-state index in [9.17, 15) is 13.2 Å². The molecule has 0 aliphatic heterocycles. The Morgan fingerprint density at radius 2 is 1.87 bits per heavy atom. The average Bonchev–Trinajstić information content (AvgIpc) is 3.01. The second-order valence-corrected chi connectivity index (χ2v) is 9.29. The monoisotopic (exact) mass is 421 g/mol. The average molecular weight is 421 g/mol. The van der Waals surface area contributed by atoms with Gasteiger partial charge in [-0.15, -0.1) is 0 Å². The smallest absolute Gasteiger partial charge is 0.249 e. The number of methoxy groups -OCH3 is 1. The van der Waals surface area contributed by atoms with Gasteiger partial charge in [0.05, 0.1) is 22.5 Å². The predicted octanol–water partition coefficient (Wildman–Crippen LogP) is 3.29. The number of nitrogens with zero attached hydrogens (tertiary/aromatic N) is 1. The Morgan fingerprint density at radius 3 is 2.57 bits per heavy atom. The third-order valence-corrected chi connectivity index (χ3v) is 6.21. The van der Waals surface area contributed by atoms with Crippen molar-refractivity contribution < 1.29 is 17.9 Å². The molecule has 1 radical (unpaired) electrons. The first-order valence-electron chi connectivity index (χ1n) is 9.33. The highest BCUT2D eigenvalue weighted by atomic mass is 32.2. The Balaban J connectivity index is 1.98. The van der Waals surface area contributed by atoms with Gasteiger partial charge in [0.15, 0.2) is 9.84 Å². The molecule has 0 saturated heterocycles. The molecule has 0 spiro atoms. The fourth-order valence-corrected chi connectivity index (χ4v) is 4.47. The second-order valence-electron chi connectivity index (χ2n) is 7.27. The number of sulfone groups is 1. The quantitative estimate of drug-likeness (QED) is 0.517. The van der Waals surface area contributed by atoms with Gasteiger partial charge in [-0.1, -0.05) is 18.2 Å². The maximum atomic E-state index is 12.1. The molecule has 0 aliphatic rings. The maximum Gasteiger partial charge on any atom is 0.249 e. The van der Waals surface area contributed by atoms with Crippen LogP contribution in [-0.2, 0) is 27.7 Å². The van der Waals surface area contributed by atoms with Crippen molar-refractivity contribution >= 4 is 37.6 Å². The number of rotatable bonds is 6. The second kappa shape index (κ2) is 7.59. The third kappa shape index (κ3) is 3.58. The van der Waals surface area contributed by atoms with Crippen LogP contribution < -0.4 is 5.73 Å². The summed E-state index contributed by atoms with van der Waals surface area (Å²) in [6.07, 6.45) is 1.19. The van der Waals surface area contributed by atoms with Crippen molar-refractivity contribution in [2.75, 3.05) is 13.4 Å². The van der Waals surface area contributed by atoms with Crippen molar-refractivity contribution in [2.24, 2.45) is 5.73 Å². The van der Waals surface area contributed by atoms with Crippen LogP contribution in [0, 0.1) is 6.07 Å². The van der Waals surface area contributed by atoms with Gasteiger partial charge < -0.3 is 15.0 Å².